The lowest BCUT2D eigenvalue weighted by Gasteiger charge is -2.03. The average molecular weight is 257 g/mol. The van der Waals surface area contributed by atoms with Crippen molar-refractivity contribution in [3.63, 3.8) is 0 Å². The minimum atomic E-state index is -1.11. The third kappa shape index (κ3) is 2.77. The summed E-state index contributed by atoms with van der Waals surface area (Å²) in [5.74, 6) is -0.746. The normalized spacial score (nSPS) is 9.95. The monoisotopic (exact) mass is 257 g/mol. The number of carbonyl (C=O) groups excluding carboxylic acids is 1. The molecule has 5 nitrogen and oxygen atoms in total. The molecule has 0 saturated heterocycles. The molecule has 0 atom stereocenters. The molecule has 5 heteroatoms. The van der Waals surface area contributed by atoms with Crippen molar-refractivity contribution >= 4 is 11.8 Å². The van der Waals surface area contributed by atoms with Gasteiger partial charge in [-0.1, -0.05) is 0 Å². The van der Waals surface area contributed by atoms with Crippen molar-refractivity contribution < 1.29 is 19.4 Å². The summed E-state index contributed by atoms with van der Waals surface area (Å²) in [5, 5.41) is 8.86. The maximum Gasteiger partial charge on any atom is 0.337 e. The standard InChI is InChI=1S/C14H11NO4/c1-19-12-4-2-9(3-5-12)13(16)10-6-11(14(17)18)8-15-7-10/h2-8H,1H3,(H,17,18). The van der Waals surface area contributed by atoms with E-state index in [1.807, 2.05) is 0 Å². The number of hydrogen-bond acceptors (Lipinski definition) is 4. The molecule has 0 aliphatic rings. The summed E-state index contributed by atoms with van der Waals surface area (Å²) < 4.78 is 5.00. The Morgan fingerprint density at radius 1 is 1.05 bits per heavy atom. The van der Waals surface area contributed by atoms with E-state index in [-0.39, 0.29) is 16.9 Å². The van der Waals surface area contributed by atoms with Crippen molar-refractivity contribution in [3.8, 4) is 5.75 Å². The molecule has 1 aromatic carbocycles. The van der Waals surface area contributed by atoms with E-state index in [9.17, 15) is 9.59 Å². The summed E-state index contributed by atoms with van der Waals surface area (Å²) in [5.41, 5.74) is 0.676. The molecule has 0 saturated carbocycles. The fourth-order valence-electron chi connectivity index (χ4n) is 1.59. The van der Waals surface area contributed by atoms with Gasteiger partial charge in [-0.05, 0) is 30.3 Å². The second-order valence-corrected chi connectivity index (χ2v) is 3.83. The summed E-state index contributed by atoms with van der Waals surface area (Å²) in [6.45, 7) is 0. The zero-order chi connectivity index (χ0) is 13.8. The number of carboxylic acids is 1. The summed E-state index contributed by atoms with van der Waals surface area (Å²) in [6.07, 6.45) is 2.55. The van der Waals surface area contributed by atoms with E-state index in [1.165, 1.54) is 25.6 Å². The second kappa shape index (κ2) is 5.30. The number of carboxylic acid groups (broad SMARTS) is 1. The lowest BCUT2D eigenvalue weighted by molar-refractivity contribution is 0.0696. The summed E-state index contributed by atoms with van der Waals surface area (Å²) in [4.78, 5) is 26.7. The first-order chi connectivity index (χ1) is 9.11. The van der Waals surface area contributed by atoms with Gasteiger partial charge in [0.2, 0.25) is 0 Å². The molecule has 1 N–H and O–H groups in total. The molecule has 2 aromatic rings. The Bertz CT molecular complexity index is 620. The van der Waals surface area contributed by atoms with Crippen LogP contribution < -0.4 is 4.74 Å². The Labute approximate surface area is 109 Å². The van der Waals surface area contributed by atoms with E-state index in [1.54, 1.807) is 24.3 Å². The lowest BCUT2D eigenvalue weighted by Crippen LogP contribution is -2.05. The van der Waals surface area contributed by atoms with Crippen LogP contribution in [0.15, 0.2) is 42.7 Å². The van der Waals surface area contributed by atoms with Gasteiger partial charge in [-0.15, -0.1) is 0 Å². The van der Waals surface area contributed by atoms with Crippen LogP contribution in [0.3, 0.4) is 0 Å². The van der Waals surface area contributed by atoms with Crippen LogP contribution in [-0.2, 0) is 0 Å². The highest BCUT2D eigenvalue weighted by molar-refractivity contribution is 6.09. The smallest absolute Gasteiger partial charge is 0.337 e. The molecule has 1 heterocycles. The minimum Gasteiger partial charge on any atom is -0.497 e. The van der Waals surface area contributed by atoms with Gasteiger partial charge in [0, 0.05) is 23.5 Å². The number of hydrogen-bond donors (Lipinski definition) is 1. The molecule has 0 aliphatic carbocycles. The van der Waals surface area contributed by atoms with Crippen molar-refractivity contribution in [2.75, 3.05) is 7.11 Å². The van der Waals surface area contributed by atoms with Crippen molar-refractivity contribution in [3.05, 3.63) is 59.4 Å². The fourth-order valence-corrected chi connectivity index (χ4v) is 1.59. The van der Waals surface area contributed by atoms with E-state index in [4.69, 9.17) is 9.84 Å². The van der Waals surface area contributed by atoms with Crippen LogP contribution in [0.1, 0.15) is 26.3 Å². The average Bonchev–Trinajstić information content (AvgIpc) is 2.46. The molecule has 0 fully saturated rings. The van der Waals surface area contributed by atoms with E-state index < -0.39 is 5.97 Å². The number of pyridine rings is 1. The Hall–Kier alpha value is -2.69. The van der Waals surface area contributed by atoms with Crippen molar-refractivity contribution in [2.24, 2.45) is 0 Å². The molecule has 2 rings (SSSR count). The van der Waals surface area contributed by atoms with Gasteiger partial charge in [0.05, 0.1) is 12.7 Å². The molecule has 96 valence electrons. The van der Waals surface area contributed by atoms with Gasteiger partial charge in [0.15, 0.2) is 5.78 Å². The predicted octanol–water partition coefficient (Wildman–Crippen LogP) is 2.02. The van der Waals surface area contributed by atoms with Gasteiger partial charge in [-0.25, -0.2) is 4.79 Å². The van der Waals surface area contributed by atoms with Crippen LogP contribution in [0.2, 0.25) is 0 Å². The Morgan fingerprint density at radius 3 is 2.26 bits per heavy atom. The third-order valence-corrected chi connectivity index (χ3v) is 2.60. The number of methoxy groups -OCH3 is 1. The quantitative estimate of drug-likeness (QED) is 0.848. The highest BCUT2D eigenvalue weighted by Crippen LogP contribution is 2.15. The fraction of sp³-hybridized carbons (Fsp3) is 0.0714. The number of benzene rings is 1. The Kier molecular flexibility index (Phi) is 3.56. The SMILES string of the molecule is COc1ccc(C(=O)c2cncc(C(=O)O)c2)cc1. The van der Waals surface area contributed by atoms with E-state index >= 15 is 0 Å². The Morgan fingerprint density at radius 2 is 1.68 bits per heavy atom. The number of rotatable bonds is 4. The number of ketones is 1. The molecule has 0 spiro atoms. The molecule has 0 aliphatic heterocycles. The van der Waals surface area contributed by atoms with Gasteiger partial charge >= 0.3 is 5.97 Å². The topological polar surface area (TPSA) is 76.5 Å². The van der Waals surface area contributed by atoms with Gasteiger partial charge in [0.1, 0.15) is 5.75 Å². The number of carbonyl (C=O) groups is 2. The molecule has 0 amide bonds. The van der Waals surface area contributed by atoms with E-state index in [0.717, 1.165) is 0 Å². The molecular formula is C14H11NO4. The molecule has 0 bridgehead atoms. The van der Waals surface area contributed by atoms with Crippen LogP contribution in [0.4, 0.5) is 0 Å². The van der Waals surface area contributed by atoms with E-state index in [2.05, 4.69) is 4.98 Å². The second-order valence-electron chi connectivity index (χ2n) is 3.83. The van der Waals surface area contributed by atoms with Gasteiger partial charge in [-0.2, -0.15) is 0 Å². The van der Waals surface area contributed by atoms with Crippen LogP contribution in [-0.4, -0.2) is 29.0 Å². The highest BCUT2D eigenvalue weighted by Gasteiger charge is 2.12. The van der Waals surface area contributed by atoms with E-state index in [0.29, 0.717) is 11.3 Å². The van der Waals surface area contributed by atoms with Crippen LogP contribution in [0.25, 0.3) is 0 Å². The number of aromatic nitrogens is 1. The van der Waals surface area contributed by atoms with Crippen LogP contribution in [0.5, 0.6) is 5.75 Å². The maximum atomic E-state index is 12.1. The lowest BCUT2D eigenvalue weighted by atomic mass is 10.0. The third-order valence-electron chi connectivity index (χ3n) is 2.60. The molecule has 19 heavy (non-hydrogen) atoms. The molecule has 0 unspecified atom stereocenters. The van der Waals surface area contributed by atoms with Crippen LogP contribution in [0, 0.1) is 0 Å². The number of aromatic carboxylic acids is 1. The first-order valence-electron chi connectivity index (χ1n) is 5.49. The summed E-state index contributed by atoms with van der Waals surface area (Å²) in [7, 11) is 1.54. The molecule has 0 radical (unpaired) electrons. The first-order valence-corrected chi connectivity index (χ1v) is 5.49. The number of ether oxygens (including phenoxy) is 1. The van der Waals surface area contributed by atoms with Crippen molar-refractivity contribution in [1.29, 1.82) is 0 Å². The van der Waals surface area contributed by atoms with Crippen molar-refractivity contribution in [2.45, 2.75) is 0 Å². The highest BCUT2D eigenvalue weighted by atomic mass is 16.5. The summed E-state index contributed by atoms with van der Waals surface area (Å²) >= 11 is 0. The first kappa shape index (κ1) is 12.8. The molecule has 1 aromatic heterocycles. The minimum absolute atomic E-state index is 0.0145. The zero-order valence-corrected chi connectivity index (χ0v) is 10.2. The Balaban J connectivity index is 2.32. The largest absolute Gasteiger partial charge is 0.497 e. The van der Waals surface area contributed by atoms with Crippen LogP contribution >= 0.6 is 0 Å². The van der Waals surface area contributed by atoms with Crippen molar-refractivity contribution in [1.82, 2.24) is 4.98 Å². The van der Waals surface area contributed by atoms with Gasteiger partial charge in [0.25, 0.3) is 0 Å². The van der Waals surface area contributed by atoms with Gasteiger partial charge in [-0.3, -0.25) is 9.78 Å². The number of nitrogens with zero attached hydrogens (tertiary/aromatic N) is 1. The maximum absolute atomic E-state index is 12.1. The predicted molar refractivity (Wildman–Crippen MR) is 67.6 cm³/mol. The molecular weight excluding hydrogens is 246 g/mol. The zero-order valence-electron chi connectivity index (χ0n) is 10.2. The summed E-state index contributed by atoms with van der Waals surface area (Å²) in [6, 6.07) is 7.88. The van der Waals surface area contributed by atoms with Gasteiger partial charge < -0.3 is 9.84 Å².